The third-order valence-electron chi connectivity index (χ3n) is 2.15. The van der Waals surface area contributed by atoms with E-state index in [1.54, 1.807) is 12.4 Å². The number of pyridine rings is 1. The molecule has 1 aromatic heterocycles. The summed E-state index contributed by atoms with van der Waals surface area (Å²) in [7, 11) is 0. The van der Waals surface area contributed by atoms with Crippen LogP contribution in [0, 0.1) is 0 Å². The number of aliphatic hydroxyl groups is 1. The average molecular weight is 264 g/mol. The number of benzene rings is 1. The summed E-state index contributed by atoms with van der Waals surface area (Å²) >= 11 is 3.38. The Kier molecular flexibility index (Phi) is 3.14. The summed E-state index contributed by atoms with van der Waals surface area (Å²) in [5.74, 6) is 0. The molecule has 0 saturated heterocycles. The van der Waals surface area contributed by atoms with Crippen LogP contribution in [0.5, 0.6) is 0 Å². The summed E-state index contributed by atoms with van der Waals surface area (Å²) in [5.41, 5.74) is 3.02. The first-order valence-corrected chi connectivity index (χ1v) is 5.39. The van der Waals surface area contributed by atoms with E-state index in [0.29, 0.717) is 0 Å². The molecule has 1 aromatic carbocycles. The van der Waals surface area contributed by atoms with Gasteiger partial charge in [0.2, 0.25) is 0 Å². The second-order valence-corrected chi connectivity index (χ2v) is 4.17. The molecule has 2 nitrogen and oxygen atoms in total. The lowest BCUT2D eigenvalue weighted by molar-refractivity contribution is 0.282. The van der Waals surface area contributed by atoms with Crippen LogP contribution in [0.3, 0.4) is 0 Å². The molecular formula is C12H10BrNO. The van der Waals surface area contributed by atoms with Crippen LogP contribution in [-0.2, 0) is 6.61 Å². The first-order valence-electron chi connectivity index (χ1n) is 4.60. The molecule has 0 radical (unpaired) electrons. The Morgan fingerprint density at radius 1 is 1.13 bits per heavy atom. The van der Waals surface area contributed by atoms with Gasteiger partial charge in [0.05, 0.1) is 6.61 Å². The van der Waals surface area contributed by atoms with Crippen molar-refractivity contribution in [1.29, 1.82) is 0 Å². The van der Waals surface area contributed by atoms with E-state index in [1.165, 1.54) is 0 Å². The first-order chi connectivity index (χ1) is 7.29. The van der Waals surface area contributed by atoms with Gasteiger partial charge in [-0.15, -0.1) is 0 Å². The largest absolute Gasteiger partial charge is 0.392 e. The van der Waals surface area contributed by atoms with Gasteiger partial charge in [-0.1, -0.05) is 18.2 Å². The molecule has 0 aliphatic carbocycles. The van der Waals surface area contributed by atoms with E-state index in [0.717, 1.165) is 21.2 Å². The molecule has 2 aromatic rings. The fraction of sp³-hybridized carbons (Fsp3) is 0.0833. The van der Waals surface area contributed by atoms with Crippen molar-refractivity contribution in [3.63, 3.8) is 0 Å². The molecule has 0 amide bonds. The lowest BCUT2D eigenvalue weighted by Gasteiger charge is -2.03. The number of hydrogen-bond donors (Lipinski definition) is 1. The number of halogens is 1. The van der Waals surface area contributed by atoms with E-state index in [9.17, 15) is 0 Å². The van der Waals surface area contributed by atoms with E-state index < -0.39 is 0 Å². The SMILES string of the molecule is OCc1cccc(-c2cncc(Br)c2)c1. The van der Waals surface area contributed by atoms with Gasteiger partial charge in [-0.25, -0.2) is 0 Å². The fourth-order valence-corrected chi connectivity index (χ4v) is 1.78. The minimum atomic E-state index is 0.0648. The molecule has 0 aliphatic heterocycles. The van der Waals surface area contributed by atoms with E-state index in [-0.39, 0.29) is 6.61 Å². The molecule has 0 atom stereocenters. The maximum atomic E-state index is 9.04. The van der Waals surface area contributed by atoms with Crippen LogP contribution in [0.2, 0.25) is 0 Å². The number of hydrogen-bond acceptors (Lipinski definition) is 2. The van der Waals surface area contributed by atoms with Gasteiger partial charge in [0, 0.05) is 22.4 Å². The highest BCUT2D eigenvalue weighted by atomic mass is 79.9. The summed E-state index contributed by atoms with van der Waals surface area (Å²) in [5, 5.41) is 9.04. The smallest absolute Gasteiger partial charge is 0.0682 e. The Morgan fingerprint density at radius 2 is 2.00 bits per heavy atom. The summed E-state index contributed by atoms with van der Waals surface area (Å²) in [6, 6.07) is 9.80. The van der Waals surface area contributed by atoms with Crippen molar-refractivity contribution in [2.24, 2.45) is 0 Å². The molecule has 1 N–H and O–H groups in total. The first kappa shape index (κ1) is 10.3. The highest BCUT2D eigenvalue weighted by molar-refractivity contribution is 9.10. The second kappa shape index (κ2) is 4.55. The number of aliphatic hydroxyl groups excluding tert-OH is 1. The normalized spacial score (nSPS) is 10.3. The van der Waals surface area contributed by atoms with Gasteiger partial charge in [-0.2, -0.15) is 0 Å². The molecular weight excluding hydrogens is 254 g/mol. The molecule has 0 unspecified atom stereocenters. The van der Waals surface area contributed by atoms with Crippen molar-refractivity contribution in [3.8, 4) is 11.1 Å². The van der Waals surface area contributed by atoms with Gasteiger partial charge in [-0.3, -0.25) is 4.98 Å². The van der Waals surface area contributed by atoms with Crippen LogP contribution in [0.1, 0.15) is 5.56 Å². The zero-order valence-corrected chi connectivity index (χ0v) is 9.61. The predicted octanol–water partition coefficient (Wildman–Crippen LogP) is 3.00. The monoisotopic (exact) mass is 263 g/mol. The third-order valence-corrected chi connectivity index (χ3v) is 2.58. The highest BCUT2D eigenvalue weighted by Gasteiger charge is 1.99. The Balaban J connectivity index is 2.44. The van der Waals surface area contributed by atoms with Crippen LogP contribution in [0.25, 0.3) is 11.1 Å². The Morgan fingerprint density at radius 3 is 2.73 bits per heavy atom. The summed E-state index contributed by atoms with van der Waals surface area (Å²) < 4.78 is 0.953. The minimum absolute atomic E-state index is 0.0648. The van der Waals surface area contributed by atoms with E-state index >= 15 is 0 Å². The minimum Gasteiger partial charge on any atom is -0.392 e. The Hall–Kier alpha value is -1.19. The molecule has 0 aliphatic rings. The van der Waals surface area contributed by atoms with Gasteiger partial charge in [0.1, 0.15) is 0 Å². The topological polar surface area (TPSA) is 33.1 Å². The molecule has 0 saturated carbocycles. The second-order valence-electron chi connectivity index (χ2n) is 3.25. The Bertz CT molecular complexity index is 471. The van der Waals surface area contributed by atoms with Crippen molar-refractivity contribution < 1.29 is 5.11 Å². The van der Waals surface area contributed by atoms with Crippen LogP contribution in [-0.4, -0.2) is 10.1 Å². The standard InChI is InChI=1S/C12H10BrNO/c13-12-5-11(6-14-7-12)10-3-1-2-9(4-10)8-15/h1-7,15H,8H2. The number of nitrogens with zero attached hydrogens (tertiary/aromatic N) is 1. The zero-order valence-electron chi connectivity index (χ0n) is 8.02. The van der Waals surface area contributed by atoms with Gasteiger partial charge in [0.15, 0.2) is 0 Å². The molecule has 2 rings (SSSR count). The number of rotatable bonds is 2. The van der Waals surface area contributed by atoms with Crippen LogP contribution in [0.15, 0.2) is 47.2 Å². The van der Waals surface area contributed by atoms with E-state index in [2.05, 4.69) is 20.9 Å². The van der Waals surface area contributed by atoms with Crippen molar-refractivity contribution in [1.82, 2.24) is 4.98 Å². The maximum Gasteiger partial charge on any atom is 0.0682 e. The average Bonchev–Trinajstić information content (AvgIpc) is 2.29. The predicted molar refractivity (Wildman–Crippen MR) is 63.3 cm³/mol. The summed E-state index contributed by atoms with van der Waals surface area (Å²) in [6.07, 6.45) is 3.56. The molecule has 0 spiro atoms. The van der Waals surface area contributed by atoms with E-state index in [4.69, 9.17) is 5.11 Å². The maximum absolute atomic E-state index is 9.04. The summed E-state index contributed by atoms with van der Waals surface area (Å²) in [4.78, 5) is 4.11. The molecule has 15 heavy (non-hydrogen) atoms. The van der Waals surface area contributed by atoms with Crippen LogP contribution < -0.4 is 0 Å². The van der Waals surface area contributed by atoms with Crippen molar-refractivity contribution in [2.75, 3.05) is 0 Å². The lowest BCUT2D eigenvalue weighted by atomic mass is 10.1. The van der Waals surface area contributed by atoms with Crippen molar-refractivity contribution >= 4 is 15.9 Å². The van der Waals surface area contributed by atoms with Gasteiger partial charge >= 0.3 is 0 Å². The van der Waals surface area contributed by atoms with Crippen LogP contribution in [0.4, 0.5) is 0 Å². The van der Waals surface area contributed by atoms with Crippen LogP contribution >= 0.6 is 15.9 Å². The van der Waals surface area contributed by atoms with E-state index in [1.807, 2.05) is 30.3 Å². The van der Waals surface area contributed by atoms with Gasteiger partial charge in [-0.05, 0) is 39.2 Å². The quantitative estimate of drug-likeness (QED) is 0.904. The summed E-state index contributed by atoms with van der Waals surface area (Å²) in [6.45, 7) is 0.0648. The molecule has 0 bridgehead atoms. The highest BCUT2D eigenvalue weighted by Crippen LogP contribution is 2.22. The van der Waals surface area contributed by atoms with Crippen molar-refractivity contribution in [2.45, 2.75) is 6.61 Å². The zero-order chi connectivity index (χ0) is 10.7. The molecule has 76 valence electrons. The third kappa shape index (κ3) is 2.43. The molecule has 1 heterocycles. The van der Waals surface area contributed by atoms with Crippen molar-refractivity contribution in [3.05, 3.63) is 52.8 Å². The lowest BCUT2D eigenvalue weighted by Crippen LogP contribution is -1.85. The molecule has 0 fully saturated rings. The number of aromatic nitrogens is 1. The fourth-order valence-electron chi connectivity index (χ4n) is 1.42. The van der Waals surface area contributed by atoms with Gasteiger partial charge < -0.3 is 5.11 Å². The Labute approximate surface area is 96.7 Å². The molecule has 3 heteroatoms. The van der Waals surface area contributed by atoms with Gasteiger partial charge in [0.25, 0.3) is 0 Å².